The minimum atomic E-state index is -0.648. The van der Waals surface area contributed by atoms with Gasteiger partial charge in [-0.05, 0) is 31.7 Å². The molecule has 72 valence electrons. The lowest BCUT2D eigenvalue weighted by Gasteiger charge is -2.28. The molecule has 1 rings (SSSR count). The molecule has 1 unspecified atom stereocenters. The van der Waals surface area contributed by atoms with Crippen molar-refractivity contribution >= 4 is 5.97 Å². The molecule has 1 heterocycles. The highest BCUT2D eigenvalue weighted by atomic mass is 16.5. The first kappa shape index (κ1) is 9.84. The van der Waals surface area contributed by atoms with Gasteiger partial charge in [-0.2, -0.15) is 0 Å². The van der Waals surface area contributed by atoms with Crippen molar-refractivity contribution in [1.82, 2.24) is 5.32 Å². The van der Waals surface area contributed by atoms with Crippen LogP contribution in [0.25, 0.3) is 0 Å². The first-order chi connectivity index (χ1) is 6.25. The van der Waals surface area contributed by atoms with Crippen LogP contribution in [-0.4, -0.2) is 18.1 Å². The number of carbonyl (C=O) groups is 1. The Morgan fingerprint density at radius 2 is 2.23 bits per heavy atom. The van der Waals surface area contributed by atoms with Gasteiger partial charge in [0, 0.05) is 0 Å². The van der Waals surface area contributed by atoms with E-state index in [0.717, 1.165) is 0 Å². The largest absolute Gasteiger partial charge is 0.464 e. The highest BCUT2D eigenvalue weighted by molar-refractivity contribution is 5.84. The molecule has 0 amide bonds. The Labute approximate surface area is 78.5 Å². The van der Waals surface area contributed by atoms with Gasteiger partial charge in [0.25, 0.3) is 0 Å². The molecule has 0 bridgehead atoms. The molecule has 0 aliphatic carbocycles. The van der Waals surface area contributed by atoms with E-state index in [1.807, 2.05) is 32.1 Å². The number of carbonyl (C=O) groups excluding carboxylic acids is 1. The summed E-state index contributed by atoms with van der Waals surface area (Å²) in [7, 11) is 0. The first-order valence-electron chi connectivity index (χ1n) is 4.54. The van der Waals surface area contributed by atoms with Crippen LogP contribution < -0.4 is 5.32 Å². The van der Waals surface area contributed by atoms with Crippen molar-refractivity contribution in [3.63, 3.8) is 0 Å². The molecular weight excluding hydrogens is 166 g/mol. The van der Waals surface area contributed by atoms with E-state index < -0.39 is 5.54 Å². The molecule has 3 nitrogen and oxygen atoms in total. The monoisotopic (exact) mass is 181 g/mol. The third-order valence-corrected chi connectivity index (χ3v) is 2.13. The summed E-state index contributed by atoms with van der Waals surface area (Å²) < 4.78 is 4.99. The molecule has 0 spiro atoms. The number of hydrogen-bond acceptors (Lipinski definition) is 3. The number of rotatable bonds is 3. The standard InChI is InChI=1S/C10H15NO2/c1-3-10(9(12)13-4-2)7-5-6-8-11-10/h5-8,11H,3-4H2,1-2H3. The lowest BCUT2D eigenvalue weighted by molar-refractivity contribution is -0.148. The quantitative estimate of drug-likeness (QED) is 0.668. The van der Waals surface area contributed by atoms with Crippen LogP contribution in [-0.2, 0) is 9.53 Å². The first-order valence-corrected chi connectivity index (χ1v) is 4.54. The molecule has 0 aromatic rings. The van der Waals surface area contributed by atoms with Crippen molar-refractivity contribution in [3.05, 3.63) is 24.4 Å². The Bertz CT molecular complexity index is 245. The van der Waals surface area contributed by atoms with Gasteiger partial charge in [-0.15, -0.1) is 0 Å². The van der Waals surface area contributed by atoms with Crippen LogP contribution in [0.2, 0.25) is 0 Å². The van der Waals surface area contributed by atoms with E-state index >= 15 is 0 Å². The minimum Gasteiger partial charge on any atom is -0.464 e. The van der Waals surface area contributed by atoms with E-state index in [1.165, 1.54) is 0 Å². The van der Waals surface area contributed by atoms with E-state index in [-0.39, 0.29) is 5.97 Å². The van der Waals surface area contributed by atoms with Gasteiger partial charge in [0.05, 0.1) is 6.61 Å². The average Bonchev–Trinajstić information content (AvgIpc) is 2.19. The summed E-state index contributed by atoms with van der Waals surface area (Å²) in [5.74, 6) is -0.210. The Balaban J connectivity index is 2.75. The fraction of sp³-hybridized carbons (Fsp3) is 0.500. The van der Waals surface area contributed by atoms with Crippen LogP contribution in [0.4, 0.5) is 0 Å². The molecule has 1 N–H and O–H groups in total. The normalized spacial score (nSPS) is 25.4. The van der Waals surface area contributed by atoms with Crippen molar-refractivity contribution in [2.75, 3.05) is 6.61 Å². The maximum Gasteiger partial charge on any atom is 0.335 e. The fourth-order valence-corrected chi connectivity index (χ4v) is 1.27. The number of dihydropyridines is 1. The Kier molecular flexibility index (Phi) is 3.12. The van der Waals surface area contributed by atoms with E-state index in [2.05, 4.69) is 5.32 Å². The highest BCUT2D eigenvalue weighted by Crippen LogP contribution is 2.17. The van der Waals surface area contributed by atoms with E-state index in [4.69, 9.17) is 4.74 Å². The molecule has 0 radical (unpaired) electrons. The number of ether oxygens (including phenoxy) is 1. The SMILES string of the molecule is CCOC(=O)C1(CC)C=CC=CN1. The van der Waals surface area contributed by atoms with Gasteiger partial charge in [0.2, 0.25) is 0 Å². The van der Waals surface area contributed by atoms with Gasteiger partial charge in [-0.1, -0.05) is 13.0 Å². The van der Waals surface area contributed by atoms with Gasteiger partial charge >= 0.3 is 5.97 Å². The second-order valence-electron chi connectivity index (χ2n) is 2.91. The summed E-state index contributed by atoms with van der Waals surface area (Å²) in [6.07, 6.45) is 8.00. The predicted molar refractivity (Wildman–Crippen MR) is 51.1 cm³/mol. The average molecular weight is 181 g/mol. The maximum atomic E-state index is 11.6. The van der Waals surface area contributed by atoms with E-state index in [1.54, 1.807) is 6.20 Å². The number of esters is 1. The molecule has 1 aliphatic rings. The molecule has 0 fully saturated rings. The predicted octanol–water partition coefficient (Wildman–Crippen LogP) is 1.37. The number of hydrogen-bond donors (Lipinski definition) is 1. The number of nitrogens with one attached hydrogen (secondary N) is 1. The molecule has 13 heavy (non-hydrogen) atoms. The zero-order chi connectivity index (χ0) is 9.73. The fourth-order valence-electron chi connectivity index (χ4n) is 1.27. The summed E-state index contributed by atoms with van der Waals surface area (Å²) >= 11 is 0. The molecule has 3 heteroatoms. The van der Waals surface area contributed by atoms with Crippen LogP contribution in [0.3, 0.4) is 0 Å². The van der Waals surface area contributed by atoms with Crippen LogP contribution >= 0.6 is 0 Å². The Morgan fingerprint density at radius 3 is 2.69 bits per heavy atom. The zero-order valence-corrected chi connectivity index (χ0v) is 8.04. The lowest BCUT2D eigenvalue weighted by Crippen LogP contribution is -2.49. The maximum absolute atomic E-state index is 11.6. The molecule has 1 atom stereocenters. The summed E-state index contributed by atoms with van der Waals surface area (Å²) in [6.45, 7) is 4.18. The van der Waals surface area contributed by atoms with Crippen molar-refractivity contribution in [1.29, 1.82) is 0 Å². The van der Waals surface area contributed by atoms with Crippen LogP contribution in [0.5, 0.6) is 0 Å². The van der Waals surface area contributed by atoms with Crippen molar-refractivity contribution < 1.29 is 9.53 Å². The Hall–Kier alpha value is -1.25. The third-order valence-electron chi connectivity index (χ3n) is 2.13. The summed E-state index contributed by atoms with van der Waals surface area (Å²) in [4.78, 5) is 11.6. The second kappa shape index (κ2) is 4.12. The van der Waals surface area contributed by atoms with Gasteiger partial charge < -0.3 is 10.1 Å². The van der Waals surface area contributed by atoms with Crippen LogP contribution in [0.15, 0.2) is 24.4 Å². The van der Waals surface area contributed by atoms with Crippen LogP contribution in [0.1, 0.15) is 20.3 Å². The summed E-state index contributed by atoms with van der Waals surface area (Å²) in [5.41, 5.74) is -0.648. The Morgan fingerprint density at radius 1 is 1.46 bits per heavy atom. The van der Waals surface area contributed by atoms with Gasteiger partial charge in [0.15, 0.2) is 5.54 Å². The van der Waals surface area contributed by atoms with Gasteiger partial charge in [0.1, 0.15) is 0 Å². The molecular formula is C10H15NO2. The van der Waals surface area contributed by atoms with Crippen molar-refractivity contribution in [2.24, 2.45) is 0 Å². The number of allylic oxidation sites excluding steroid dienone is 2. The third kappa shape index (κ3) is 1.91. The smallest absolute Gasteiger partial charge is 0.335 e. The second-order valence-corrected chi connectivity index (χ2v) is 2.91. The van der Waals surface area contributed by atoms with E-state index in [0.29, 0.717) is 13.0 Å². The van der Waals surface area contributed by atoms with Crippen molar-refractivity contribution in [3.8, 4) is 0 Å². The molecule has 0 aromatic heterocycles. The summed E-state index contributed by atoms with van der Waals surface area (Å²) in [5, 5.41) is 3.02. The van der Waals surface area contributed by atoms with Gasteiger partial charge in [-0.3, -0.25) is 0 Å². The van der Waals surface area contributed by atoms with Crippen LogP contribution in [0, 0.1) is 0 Å². The van der Waals surface area contributed by atoms with Crippen molar-refractivity contribution in [2.45, 2.75) is 25.8 Å². The molecule has 0 saturated carbocycles. The zero-order valence-electron chi connectivity index (χ0n) is 8.04. The summed E-state index contributed by atoms with van der Waals surface area (Å²) in [6, 6.07) is 0. The van der Waals surface area contributed by atoms with E-state index in [9.17, 15) is 4.79 Å². The van der Waals surface area contributed by atoms with Gasteiger partial charge in [-0.25, -0.2) is 4.79 Å². The molecule has 0 saturated heterocycles. The molecule has 1 aliphatic heterocycles. The highest BCUT2D eigenvalue weighted by Gasteiger charge is 2.34. The lowest BCUT2D eigenvalue weighted by atomic mass is 9.94. The molecule has 0 aromatic carbocycles. The topological polar surface area (TPSA) is 38.3 Å². The minimum absolute atomic E-state index is 0.210.